The molecule has 16 heavy (non-hydrogen) atoms. The van der Waals surface area contributed by atoms with Gasteiger partial charge in [0.1, 0.15) is 11.1 Å². The number of rotatable bonds is 1. The molecule has 2 rings (SSSR count). The Bertz CT molecular complexity index is 614. The normalized spacial score (nSPS) is 10.0. The average molecular weight is 343 g/mol. The molecule has 6 heteroatoms. The van der Waals surface area contributed by atoms with E-state index in [1.807, 2.05) is 18.2 Å². The average Bonchev–Trinajstić information content (AvgIpc) is 2.55. The molecule has 0 bridgehead atoms. The minimum absolute atomic E-state index is 0.476. The van der Waals surface area contributed by atoms with Crippen molar-refractivity contribution in [2.75, 3.05) is 5.32 Å². The summed E-state index contributed by atoms with van der Waals surface area (Å²) in [5.41, 5.74) is 5.53. The molecule has 1 aromatic carbocycles. The Morgan fingerprint density at radius 1 is 1.56 bits per heavy atom. The molecule has 2 amide bonds. The highest BCUT2D eigenvalue weighted by atomic mass is 127. The second-order valence-corrected chi connectivity index (χ2v) is 5.23. The Kier molecular flexibility index (Phi) is 2.98. The Balaban J connectivity index is 2.73. The highest BCUT2D eigenvalue weighted by Crippen LogP contribution is 2.37. The van der Waals surface area contributed by atoms with Crippen molar-refractivity contribution in [2.45, 2.75) is 0 Å². The molecule has 0 aliphatic rings. The number of hydrogen-bond acceptors (Lipinski definition) is 3. The van der Waals surface area contributed by atoms with E-state index >= 15 is 0 Å². The zero-order chi connectivity index (χ0) is 11.7. The van der Waals surface area contributed by atoms with Crippen LogP contribution in [0.1, 0.15) is 5.56 Å². The van der Waals surface area contributed by atoms with Crippen LogP contribution in [0.3, 0.4) is 0 Å². The number of nitrogens with two attached hydrogens (primary N) is 1. The first-order valence-electron chi connectivity index (χ1n) is 4.31. The van der Waals surface area contributed by atoms with E-state index in [0.29, 0.717) is 10.6 Å². The highest BCUT2D eigenvalue weighted by molar-refractivity contribution is 14.1. The van der Waals surface area contributed by atoms with Gasteiger partial charge in [0.15, 0.2) is 0 Å². The smallest absolute Gasteiger partial charge is 0.317 e. The summed E-state index contributed by atoms with van der Waals surface area (Å²) in [5.74, 6) is 0. The van der Waals surface area contributed by atoms with Crippen LogP contribution >= 0.6 is 33.9 Å². The maximum Gasteiger partial charge on any atom is 0.317 e. The van der Waals surface area contributed by atoms with Gasteiger partial charge in [0, 0.05) is 13.7 Å². The van der Waals surface area contributed by atoms with Crippen molar-refractivity contribution < 1.29 is 4.79 Å². The minimum atomic E-state index is -0.655. The van der Waals surface area contributed by atoms with E-state index in [1.165, 1.54) is 11.3 Å². The van der Waals surface area contributed by atoms with Crippen LogP contribution in [0.4, 0.5) is 9.80 Å². The van der Waals surface area contributed by atoms with Crippen LogP contribution in [0.15, 0.2) is 18.2 Å². The second kappa shape index (κ2) is 4.27. The van der Waals surface area contributed by atoms with Crippen LogP contribution in [-0.4, -0.2) is 6.03 Å². The topological polar surface area (TPSA) is 78.9 Å². The zero-order valence-corrected chi connectivity index (χ0v) is 10.9. The van der Waals surface area contributed by atoms with Gasteiger partial charge in [0.25, 0.3) is 0 Å². The van der Waals surface area contributed by atoms with E-state index in [0.717, 1.165) is 13.7 Å². The van der Waals surface area contributed by atoms with Gasteiger partial charge in [0.05, 0.1) is 5.56 Å². The molecule has 0 spiro atoms. The predicted molar refractivity (Wildman–Crippen MR) is 72.5 cm³/mol. The molecule has 1 aromatic heterocycles. The van der Waals surface area contributed by atoms with E-state index < -0.39 is 6.03 Å². The maximum absolute atomic E-state index is 10.8. The summed E-state index contributed by atoms with van der Waals surface area (Å²) in [4.78, 5) is 10.8. The van der Waals surface area contributed by atoms with Gasteiger partial charge in [-0.25, -0.2) is 4.79 Å². The van der Waals surface area contributed by atoms with Crippen LogP contribution in [0.5, 0.6) is 0 Å². The molecule has 2 aromatic rings. The Morgan fingerprint density at radius 3 is 2.94 bits per heavy atom. The molecule has 0 fully saturated rings. The number of thiophene rings is 1. The van der Waals surface area contributed by atoms with Crippen molar-refractivity contribution in [2.24, 2.45) is 5.73 Å². The fourth-order valence-corrected chi connectivity index (χ4v) is 3.45. The van der Waals surface area contributed by atoms with Crippen molar-refractivity contribution >= 4 is 55.0 Å². The Labute approximate surface area is 109 Å². The third kappa shape index (κ3) is 1.83. The minimum Gasteiger partial charge on any atom is -0.351 e. The Morgan fingerprint density at radius 2 is 2.31 bits per heavy atom. The van der Waals surface area contributed by atoms with E-state index in [-0.39, 0.29) is 0 Å². The van der Waals surface area contributed by atoms with Crippen molar-refractivity contribution in [3.8, 4) is 6.07 Å². The quantitative estimate of drug-likeness (QED) is 0.781. The molecular formula is C10H6IN3OS. The number of nitrogens with one attached hydrogen (secondary N) is 1. The summed E-state index contributed by atoms with van der Waals surface area (Å²) in [7, 11) is 0. The Hall–Kier alpha value is -1.33. The molecule has 0 radical (unpaired) electrons. The van der Waals surface area contributed by atoms with Crippen LogP contribution in [-0.2, 0) is 0 Å². The van der Waals surface area contributed by atoms with E-state index in [2.05, 4.69) is 34.0 Å². The number of hydrogen-bond donors (Lipinski definition) is 2. The van der Waals surface area contributed by atoms with Gasteiger partial charge < -0.3 is 5.73 Å². The first-order valence-corrected chi connectivity index (χ1v) is 6.20. The van der Waals surface area contributed by atoms with Gasteiger partial charge in [-0.2, -0.15) is 5.26 Å². The number of nitrogens with zero attached hydrogens (tertiary/aromatic N) is 1. The van der Waals surface area contributed by atoms with Crippen LogP contribution in [0.2, 0.25) is 0 Å². The van der Waals surface area contributed by atoms with Crippen LogP contribution < -0.4 is 11.1 Å². The molecule has 0 aliphatic heterocycles. The first-order chi connectivity index (χ1) is 7.63. The van der Waals surface area contributed by atoms with E-state index in [1.54, 1.807) is 0 Å². The lowest BCUT2D eigenvalue weighted by Gasteiger charge is -1.97. The first kappa shape index (κ1) is 11.2. The van der Waals surface area contributed by atoms with Gasteiger partial charge in [-0.3, -0.25) is 5.32 Å². The summed E-state index contributed by atoms with van der Waals surface area (Å²) in [6, 6.07) is 7.19. The number of fused-ring (bicyclic) bond motifs is 1. The summed E-state index contributed by atoms with van der Waals surface area (Å²) >= 11 is 3.52. The van der Waals surface area contributed by atoms with Crippen LogP contribution in [0, 0.1) is 14.9 Å². The molecule has 80 valence electrons. The number of halogens is 1. The molecule has 3 N–H and O–H groups in total. The molecule has 0 saturated heterocycles. The lowest BCUT2D eigenvalue weighted by Crippen LogP contribution is -2.18. The predicted octanol–water partition coefficient (Wildman–Crippen LogP) is 2.87. The number of nitriles is 1. The maximum atomic E-state index is 10.8. The number of urea groups is 1. The molecular weight excluding hydrogens is 337 g/mol. The molecule has 1 heterocycles. The van der Waals surface area contributed by atoms with Gasteiger partial charge >= 0.3 is 6.03 Å². The largest absolute Gasteiger partial charge is 0.351 e. The standard InChI is InChI=1S/C10H6IN3OS/c11-6-2-1-3-7-8(6)5(4-12)9(16-7)14-10(13)15/h1-3H,(H3,13,14,15). The van der Waals surface area contributed by atoms with Gasteiger partial charge in [-0.05, 0) is 34.7 Å². The van der Waals surface area contributed by atoms with Gasteiger partial charge in [-0.1, -0.05) is 6.07 Å². The second-order valence-electron chi connectivity index (χ2n) is 3.02. The zero-order valence-electron chi connectivity index (χ0n) is 7.95. The lowest BCUT2D eigenvalue weighted by molar-refractivity contribution is 0.259. The number of anilines is 1. The number of primary amides is 1. The lowest BCUT2D eigenvalue weighted by atomic mass is 10.2. The third-order valence-corrected chi connectivity index (χ3v) is 3.98. The third-order valence-electron chi connectivity index (χ3n) is 2.01. The molecule has 0 atom stereocenters. The molecule has 4 nitrogen and oxygen atoms in total. The molecule has 0 unspecified atom stereocenters. The summed E-state index contributed by atoms with van der Waals surface area (Å²) < 4.78 is 1.95. The monoisotopic (exact) mass is 343 g/mol. The van der Waals surface area contributed by atoms with Crippen LogP contribution in [0.25, 0.3) is 10.1 Å². The number of benzene rings is 1. The highest BCUT2D eigenvalue weighted by Gasteiger charge is 2.14. The molecule has 0 saturated carbocycles. The van der Waals surface area contributed by atoms with Crippen molar-refractivity contribution in [3.05, 3.63) is 27.3 Å². The van der Waals surface area contributed by atoms with Crippen molar-refractivity contribution in [3.63, 3.8) is 0 Å². The van der Waals surface area contributed by atoms with E-state index in [4.69, 9.17) is 11.0 Å². The number of carbonyl (C=O) groups is 1. The van der Waals surface area contributed by atoms with Crippen molar-refractivity contribution in [1.29, 1.82) is 5.26 Å². The summed E-state index contributed by atoms with van der Waals surface area (Å²) in [6.07, 6.45) is 0. The number of carbonyl (C=O) groups excluding carboxylic acids is 1. The summed E-state index contributed by atoms with van der Waals surface area (Å²) in [5, 5.41) is 13.0. The summed E-state index contributed by atoms with van der Waals surface area (Å²) in [6.45, 7) is 0. The SMILES string of the molecule is N#Cc1c(NC(N)=O)sc2cccc(I)c12. The fourth-order valence-electron chi connectivity index (χ4n) is 1.41. The van der Waals surface area contributed by atoms with E-state index in [9.17, 15) is 4.79 Å². The van der Waals surface area contributed by atoms with Gasteiger partial charge in [-0.15, -0.1) is 11.3 Å². The van der Waals surface area contributed by atoms with Gasteiger partial charge in [0.2, 0.25) is 0 Å². The molecule has 0 aliphatic carbocycles. The number of amides is 2. The fraction of sp³-hybridized carbons (Fsp3) is 0. The van der Waals surface area contributed by atoms with Crippen molar-refractivity contribution in [1.82, 2.24) is 0 Å².